The molecule has 1 aromatic carbocycles. The molecule has 1 heterocycles. The largest absolute Gasteiger partial charge is 0.474 e. The van der Waals surface area contributed by atoms with Crippen LogP contribution in [-0.2, 0) is 4.79 Å². The standard InChI is InChI=1S/C19H22N4O2.C9H18/c1-11(20)17(19(21)24)18(22-2)13-6-8-15-12(10-13)7-9-16(23-15)25-14-4-3-5-14;1-2-6-9-7-4-3-5-8-9/h6-10,14H,3-5,20H2,1-2H3,(H2,21,24);9H,2-8H2,1H3/b17-11-,22-18?;. The Hall–Kier alpha value is -2.89. The van der Waals surface area contributed by atoms with Crippen LogP contribution < -0.4 is 16.2 Å². The van der Waals surface area contributed by atoms with Gasteiger partial charge < -0.3 is 16.2 Å². The zero-order chi connectivity index (χ0) is 24.5. The van der Waals surface area contributed by atoms with Gasteiger partial charge in [-0.15, -0.1) is 0 Å². The van der Waals surface area contributed by atoms with Gasteiger partial charge in [-0.1, -0.05) is 57.9 Å². The Labute approximate surface area is 203 Å². The minimum Gasteiger partial charge on any atom is -0.474 e. The van der Waals surface area contributed by atoms with Gasteiger partial charge in [0.05, 0.1) is 16.8 Å². The summed E-state index contributed by atoms with van der Waals surface area (Å²) in [5, 5.41) is 0.929. The number of benzene rings is 1. The molecule has 2 saturated carbocycles. The summed E-state index contributed by atoms with van der Waals surface area (Å²) in [7, 11) is 1.61. The number of hydrogen-bond donors (Lipinski definition) is 2. The van der Waals surface area contributed by atoms with Crippen LogP contribution >= 0.6 is 0 Å². The second kappa shape index (κ2) is 12.5. The second-order valence-corrected chi connectivity index (χ2v) is 9.51. The number of aromatic nitrogens is 1. The van der Waals surface area contributed by atoms with Crippen molar-refractivity contribution in [3.8, 4) is 5.88 Å². The van der Waals surface area contributed by atoms with E-state index >= 15 is 0 Å². The van der Waals surface area contributed by atoms with Gasteiger partial charge >= 0.3 is 0 Å². The van der Waals surface area contributed by atoms with E-state index in [0.29, 0.717) is 23.4 Å². The highest BCUT2D eigenvalue weighted by Crippen LogP contribution is 2.27. The Kier molecular flexibility index (Phi) is 9.49. The van der Waals surface area contributed by atoms with E-state index < -0.39 is 5.91 Å². The Balaban J connectivity index is 0.000000302. The molecule has 4 rings (SSSR count). The molecule has 0 spiro atoms. The number of carbonyl (C=O) groups is 1. The maximum Gasteiger partial charge on any atom is 0.252 e. The highest BCUT2D eigenvalue weighted by Gasteiger charge is 2.20. The maximum atomic E-state index is 11.7. The van der Waals surface area contributed by atoms with E-state index in [9.17, 15) is 4.79 Å². The lowest BCUT2D eigenvalue weighted by atomic mass is 9.86. The molecule has 0 aliphatic heterocycles. The predicted octanol–water partition coefficient (Wildman–Crippen LogP) is 5.67. The summed E-state index contributed by atoms with van der Waals surface area (Å²) in [6.45, 7) is 3.94. The van der Waals surface area contributed by atoms with Gasteiger partial charge in [0.1, 0.15) is 6.10 Å². The SMILES string of the molecule is CCCC1CCCCC1.CN=C(/C(C(N)=O)=C(\C)N)c1ccc2nc(OC3CCC3)ccc2c1. The normalized spacial score (nSPS) is 17.9. The molecule has 6 heteroatoms. The Bertz CT molecular complexity index is 1030. The molecular weight excluding hydrogens is 424 g/mol. The predicted molar refractivity (Wildman–Crippen MR) is 140 cm³/mol. The van der Waals surface area contributed by atoms with Crippen LogP contribution in [0.15, 0.2) is 46.6 Å². The monoisotopic (exact) mass is 464 g/mol. The van der Waals surface area contributed by atoms with Crippen molar-refractivity contribution >= 4 is 22.5 Å². The smallest absolute Gasteiger partial charge is 0.252 e. The molecule has 4 N–H and O–H groups in total. The van der Waals surface area contributed by atoms with Crippen LogP contribution in [0.2, 0.25) is 0 Å². The lowest BCUT2D eigenvalue weighted by molar-refractivity contribution is -0.114. The topological polar surface area (TPSA) is 104 Å². The van der Waals surface area contributed by atoms with Crippen molar-refractivity contribution in [2.24, 2.45) is 22.4 Å². The zero-order valence-electron chi connectivity index (χ0n) is 21.0. The number of fused-ring (bicyclic) bond motifs is 1. The Morgan fingerprint density at radius 2 is 1.79 bits per heavy atom. The van der Waals surface area contributed by atoms with E-state index in [1.54, 1.807) is 14.0 Å². The van der Waals surface area contributed by atoms with Crippen molar-refractivity contribution < 1.29 is 9.53 Å². The molecule has 2 fully saturated rings. The first-order valence-corrected chi connectivity index (χ1v) is 12.7. The summed E-state index contributed by atoms with van der Waals surface area (Å²) in [5.74, 6) is 1.15. The van der Waals surface area contributed by atoms with Crippen molar-refractivity contribution in [3.05, 3.63) is 47.2 Å². The third kappa shape index (κ3) is 6.81. The first-order valence-electron chi connectivity index (χ1n) is 12.7. The van der Waals surface area contributed by atoms with Crippen molar-refractivity contribution in [1.29, 1.82) is 0 Å². The molecule has 0 unspecified atom stereocenters. The molecule has 0 saturated heterocycles. The van der Waals surface area contributed by atoms with Crippen LogP contribution in [0.25, 0.3) is 10.9 Å². The van der Waals surface area contributed by atoms with Crippen molar-refractivity contribution in [2.75, 3.05) is 7.05 Å². The van der Waals surface area contributed by atoms with E-state index in [1.807, 2.05) is 30.3 Å². The molecule has 1 aromatic heterocycles. The number of primary amides is 1. The van der Waals surface area contributed by atoms with Gasteiger partial charge in [0.15, 0.2) is 0 Å². The number of ether oxygens (including phenoxy) is 1. The van der Waals surface area contributed by atoms with Crippen molar-refractivity contribution in [3.63, 3.8) is 0 Å². The summed E-state index contributed by atoms with van der Waals surface area (Å²) >= 11 is 0. The van der Waals surface area contributed by atoms with Gasteiger partial charge in [0.2, 0.25) is 5.88 Å². The third-order valence-electron chi connectivity index (χ3n) is 6.80. The van der Waals surface area contributed by atoms with Crippen LogP contribution in [0.3, 0.4) is 0 Å². The number of rotatable bonds is 7. The number of pyridine rings is 1. The zero-order valence-corrected chi connectivity index (χ0v) is 21.0. The van der Waals surface area contributed by atoms with Crippen LogP contribution in [0, 0.1) is 5.92 Å². The molecule has 6 nitrogen and oxygen atoms in total. The van der Waals surface area contributed by atoms with Crippen LogP contribution in [0.4, 0.5) is 0 Å². The molecule has 2 aliphatic carbocycles. The lowest BCUT2D eigenvalue weighted by Gasteiger charge is -2.25. The first-order chi connectivity index (χ1) is 16.4. The van der Waals surface area contributed by atoms with Gasteiger partial charge in [-0.2, -0.15) is 0 Å². The number of hydrogen-bond acceptors (Lipinski definition) is 5. The fraction of sp³-hybridized carbons (Fsp3) is 0.536. The summed E-state index contributed by atoms with van der Waals surface area (Å²) in [6, 6.07) is 9.48. The van der Waals surface area contributed by atoms with Crippen molar-refractivity contribution in [2.45, 2.75) is 84.2 Å². The lowest BCUT2D eigenvalue weighted by Crippen LogP contribution is -2.25. The highest BCUT2D eigenvalue weighted by molar-refractivity contribution is 6.28. The minimum atomic E-state index is -0.594. The molecular formula is C28H40N4O2. The van der Waals surface area contributed by atoms with E-state index in [4.69, 9.17) is 16.2 Å². The molecule has 2 aliphatic rings. The highest BCUT2D eigenvalue weighted by atomic mass is 16.5. The second-order valence-electron chi connectivity index (χ2n) is 9.51. The molecule has 184 valence electrons. The third-order valence-corrected chi connectivity index (χ3v) is 6.80. The average molecular weight is 465 g/mol. The summed E-state index contributed by atoms with van der Waals surface area (Å²) < 4.78 is 5.84. The number of allylic oxidation sites excluding steroid dienone is 1. The Morgan fingerprint density at radius 3 is 2.35 bits per heavy atom. The average Bonchev–Trinajstić information content (AvgIpc) is 2.80. The van der Waals surface area contributed by atoms with Crippen LogP contribution in [0.1, 0.15) is 83.6 Å². The van der Waals surface area contributed by atoms with Crippen molar-refractivity contribution in [1.82, 2.24) is 4.98 Å². The maximum absolute atomic E-state index is 11.7. The minimum absolute atomic E-state index is 0.236. The molecule has 0 radical (unpaired) electrons. The van der Waals surface area contributed by atoms with Gasteiger partial charge in [0, 0.05) is 29.8 Å². The van der Waals surface area contributed by atoms with E-state index in [1.165, 1.54) is 51.4 Å². The van der Waals surface area contributed by atoms with E-state index in [2.05, 4.69) is 16.9 Å². The number of nitrogens with zero attached hydrogens (tertiary/aromatic N) is 2. The summed E-state index contributed by atoms with van der Waals surface area (Å²) in [4.78, 5) is 20.5. The summed E-state index contributed by atoms with van der Waals surface area (Å²) in [6.07, 6.45) is 14.1. The quantitative estimate of drug-likeness (QED) is 0.407. The number of aliphatic imine (C=N–C) groups is 1. The van der Waals surface area contributed by atoms with E-state index in [0.717, 1.165) is 35.2 Å². The fourth-order valence-electron chi connectivity index (χ4n) is 4.75. The Morgan fingerprint density at radius 1 is 1.06 bits per heavy atom. The van der Waals surface area contributed by atoms with Gasteiger partial charge in [0.25, 0.3) is 5.91 Å². The molecule has 34 heavy (non-hydrogen) atoms. The van der Waals surface area contributed by atoms with E-state index in [-0.39, 0.29) is 5.57 Å². The molecule has 1 amide bonds. The fourth-order valence-corrected chi connectivity index (χ4v) is 4.75. The first kappa shape index (κ1) is 25.7. The number of carbonyl (C=O) groups excluding carboxylic acids is 1. The van der Waals surface area contributed by atoms with Crippen LogP contribution in [-0.4, -0.2) is 29.8 Å². The molecule has 0 bridgehead atoms. The van der Waals surface area contributed by atoms with Gasteiger partial charge in [-0.3, -0.25) is 9.79 Å². The van der Waals surface area contributed by atoms with Crippen LogP contribution in [0.5, 0.6) is 5.88 Å². The molecule has 2 aromatic rings. The van der Waals surface area contributed by atoms with Gasteiger partial charge in [-0.05, 0) is 50.3 Å². The summed E-state index contributed by atoms with van der Waals surface area (Å²) in [5.41, 5.74) is 13.9. The van der Waals surface area contributed by atoms with Gasteiger partial charge in [-0.25, -0.2) is 4.98 Å². The number of nitrogens with two attached hydrogens (primary N) is 2. The molecule has 0 atom stereocenters. The number of amides is 1.